The Bertz CT molecular complexity index is 2790. The largest absolute Gasteiger partial charge is 0.494 e. The Morgan fingerprint density at radius 3 is 0.974 bits per heavy atom. The zero-order chi connectivity index (χ0) is 54.2. The van der Waals surface area contributed by atoms with Crippen LogP contribution in [0.4, 0.5) is 34.1 Å². The van der Waals surface area contributed by atoms with Gasteiger partial charge in [0.05, 0.1) is 58.5 Å². The molecule has 0 radical (unpaired) electrons. The van der Waals surface area contributed by atoms with Gasteiger partial charge in [-0.05, 0) is 176 Å². The molecule has 12 heteroatoms. The Balaban J connectivity index is 0.790. The van der Waals surface area contributed by atoms with Crippen LogP contribution in [0.2, 0.25) is 0 Å². The molecule has 0 aromatic heterocycles. The summed E-state index contributed by atoms with van der Waals surface area (Å²) < 4.78 is 23.0. The number of hydrogen-bond acceptors (Lipinski definition) is 12. The number of carbonyl (C=O) groups is 2. The van der Waals surface area contributed by atoms with Gasteiger partial charge in [0.15, 0.2) is 0 Å². The van der Waals surface area contributed by atoms with Crippen molar-refractivity contribution >= 4 is 58.5 Å². The molecule has 0 unspecified atom stereocenters. The number of aliphatic imine (C=N–C) groups is 2. The molecule has 0 bridgehead atoms. The minimum atomic E-state index is -0.485. The summed E-state index contributed by atoms with van der Waals surface area (Å²) in [7, 11) is 0. The van der Waals surface area contributed by atoms with Crippen molar-refractivity contribution in [1.82, 2.24) is 0 Å². The highest BCUT2D eigenvalue weighted by molar-refractivity contribution is 5.93. The van der Waals surface area contributed by atoms with E-state index in [0.29, 0.717) is 70.0 Å². The lowest BCUT2D eigenvalue weighted by molar-refractivity contribution is 0.0725. The first-order valence-electron chi connectivity index (χ1n) is 27.7. The second-order valence-electron chi connectivity index (χ2n) is 19.1. The van der Waals surface area contributed by atoms with E-state index in [0.717, 1.165) is 35.5 Å². The monoisotopic (exact) mass is 1040 g/mol. The lowest BCUT2D eigenvalue weighted by Gasteiger charge is -2.06. The highest BCUT2D eigenvalue weighted by atomic mass is 16.5. The molecule has 0 heterocycles. The molecule has 0 aliphatic heterocycles. The summed E-state index contributed by atoms with van der Waals surface area (Å²) in [6.45, 7) is 5.93. The maximum atomic E-state index is 13.0. The number of hydrogen-bond donors (Lipinski definition) is 0. The second-order valence-corrected chi connectivity index (χ2v) is 19.1. The third-order valence-corrected chi connectivity index (χ3v) is 12.7. The fourth-order valence-electron chi connectivity index (χ4n) is 8.18. The van der Waals surface area contributed by atoms with E-state index in [2.05, 4.69) is 44.3 Å². The summed E-state index contributed by atoms with van der Waals surface area (Å²) in [6, 6.07) is 50.5. The van der Waals surface area contributed by atoms with Crippen LogP contribution in [0.5, 0.6) is 23.0 Å². The minimum absolute atomic E-state index is 0.393. The first-order chi connectivity index (χ1) is 38.4. The fraction of sp³-hybridized carbons (Fsp3) is 0.303. The van der Waals surface area contributed by atoms with Crippen LogP contribution in [0.1, 0.15) is 148 Å². The number of carbonyl (C=O) groups excluding carboxylic acids is 2. The Hall–Kier alpha value is -8.38. The molecule has 0 saturated carbocycles. The minimum Gasteiger partial charge on any atom is -0.494 e. The van der Waals surface area contributed by atoms with Gasteiger partial charge in [-0.3, -0.25) is 9.98 Å². The maximum Gasteiger partial charge on any atom is 0.343 e. The van der Waals surface area contributed by atoms with E-state index in [9.17, 15) is 9.59 Å². The second kappa shape index (κ2) is 32.9. The zero-order valence-electron chi connectivity index (χ0n) is 45.2. The molecule has 0 atom stereocenters. The molecule has 0 N–H and O–H groups in total. The molecular weight excluding hydrogens is 973 g/mol. The molecule has 0 saturated heterocycles. The summed E-state index contributed by atoms with van der Waals surface area (Å²) in [5.41, 5.74) is 6.55. The number of nitrogens with zero attached hydrogens (tertiary/aromatic N) is 6. The van der Waals surface area contributed by atoms with E-state index in [1.54, 1.807) is 109 Å². The lowest BCUT2D eigenvalue weighted by Crippen LogP contribution is -2.07. The molecular formula is C66H72N6O6. The highest BCUT2D eigenvalue weighted by Crippen LogP contribution is 2.27. The van der Waals surface area contributed by atoms with E-state index in [-0.39, 0.29) is 0 Å². The van der Waals surface area contributed by atoms with Crippen LogP contribution in [0.3, 0.4) is 0 Å². The van der Waals surface area contributed by atoms with Gasteiger partial charge >= 0.3 is 11.9 Å². The van der Waals surface area contributed by atoms with Crippen molar-refractivity contribution in [3.63, 3.8) is 0 Å². The van der Waals surface area contributed by atoms with E-state index in [4.69, 9.17) is 18.9 Å². The van der Waals surface area contributed by atoms with Crippen molar-refractivity contribution in [2.75, 3.05) is 13.2 Å². The SMILES string of the molecule is CCCCCCCCCCOc1ccc(N=Nc2ccc(OC(=O)c3ccc(N=Cc4cccc(C=Nc5ccc(C(=O)Oc6ccc(N=Nc7ccc(OCCCCCCCCCC)cc7)cc6)cc5)c4)cc3)cc2)cc1. The molecule has 78 heavy (non-hydrogen) atoms. The topological polar surface area (TPSA) is 145 Å². The van der Waals surface area contributed by atoms with Crippen molar-refractivity contribution in [2.45, 2.75) is 117 Å². The van der Waals surface area contributed by atoms with Crippen molar-refractivity contribution in [3.05, 3.63) is 192 Å². The van der Waals surface area contributed by atoms with Crippen LogP contribution in [-0.2, 0) is 0 Å². The van der Waals surface area contributed by atoms with Gasteiger partial charge in [0.25, 0.3) is 0 Å². The number of esters is 2. The summed E-state index contributed by atoms with van der Waals surface area (Å²) in [5.74, 6) is 1.47. The van der Waals surface area contributed by atoms with Crippen LogP contribution < -0.4 is 18.9 Å². The number of azo groups is 2. The molecule has 0 aliphatic rings. The summed E-state index contributed by atoms with van der Waals surface area (Å²) in [4.78, 5) is 35.1. The quantitative estimate of drug-likeness (QED) is 0.0135. The molecule has 0 fully saturated rings. The lowest BCUT2D eigenvalue weighted by atomic mass is 10.1. The number of benzene rings is 7. The van der Waals surface area contributed by atoms with Gasteiger partial charge in [-0.1, -0.05) is 122 Å². The standard InChI is InChI=1S/C66H72N6O6/c1-3-5-7-9-11-13-15-17-46-75-61-38-30-57(31-39-61)69-71-59-34-42-63(43-35-59)77-65(73)53-22-26-55(27-23-53)67-49-51-20-19-21-52(48-51)50-68-56-28-24-54(25-29-56)66(74)78-64-44-36-60(37-45-64)72-70-58-32-40-62(41-33-58)76-47-18-16-14-12-10-8-6-4-2/h19-45,48-50H,3-18,46-47H2,1-2H3. The van der Waals surface area contributed by atoms with Gasteiger partial charge in [-0.25, -0.2) is 9.59 Å². The average molecular weight is 1050 g/mol. The van der Waals surface area contributed by atoms with E-state index >= 15 is 0 Å². The van der Waals surface area contributed by atoms with Crippen LogP contribution >= 0.6 is 0 Å². The maximum absolute atomic E-state index is 13.0. The van der Waals surface area contributed by atoms with Crippen molar-refractivity contribution in [3.8, 4) is 23.0 Å². The molecule has 402 valence electrons. The summed E-state index contributed by atoms with van der Waals surface area (Å²) in [6.07, 6.45) is 23.8. The van der Waals surface area contributed by atoms with Gasteiger partial charge in [0.1, 0.15) is 23.0 Å². The van der Waals surface area contributed by atoms with E-state index in [1.807, 2.05) is 72.8 Å². The van der Waals surface area contributed by atoms with Gasteiger partial charge < -0.3 is 18.9 Å². The third-order valence-electron chi connectivity index (χ3n) is 12.7. The first kappa shape index (κ1) is 57.3. The highest BCUT2D eigenvalue weighted by Gasteiger charge is 2.11. The van der Waals surface area contributed by atoms with Crippen LogP contribution in [-0.4, -0.2) is 37.6 Å². The summed E-state index contributed by atoms with van der Waals surface area (Å²) >= 11 is 0. The van der Waals surface area contributed by atoms with Crippen LogP contribution in [0.15, 0.2) is 200 Å². The molecule has 0 amide bonds. The fourth-order valence-corrected chi connectivity index (χ4v) is 8.18. The number of unbranched alkanes of at least 4 members (excludes halogenated alkanes) is 14. The predicted octanol–water partition coefficient (Wildman–Crippen LogP) is 19.5. The molecule has 7 aromatic carbocycles. The Labute approximate surface area is 460 Å². The van der Waals surface area contributed by atoms with Gasteiger partial charge in [0, 0.05) is 12.4 Å². The first-order valence-corrected chi connectivity index (χ1v) is 27.7. The van der Waals surface area contributed by atoms with Crippen molar-refractivity contribution < 1.29 is 28.5 Å². The molecule has 12 nitrogen and oxygen atoms in total. The number of ether oxygens (including phenoxy) is 4. The van der Waals surface area contributed by atoms with Gasteiger partial charge in [-0.2, -0.15) is 20.5 Å². The van der Waals surface area contributed by atoms with Gasteiger partial charge in [0.2, 0.25) is 0 Å². The Morgan fingerprint density at radius 2 is 0.641 bits per heavy atom. The van der Waals surface area contributed by atoms with E-state index < -0.39 is 11.9 Å². The zero-order valence-corrected chi connectivity index (χ0v) is 45.2. The van der Waals surface area contributed by atoms with Crippen LogP contribution in [0, 0.1) is 0 Å². The van der Waals surface area contributed by atoms with E-state index in [1.165, 1.54) is 89.9 Å². The average Bonchev–Trinajstić information content (AvgIpc) is 3.48. The van der Waals surface area contributed by atoms with Crippen LogP contribution in [0.25, 0.3) is 0 Å². The van der Waals surface area contributed by atoms with Crippen molar-refractivity contribution in [1.29, 1.82) is 0 Å². The summed E-state index contributed by atoms with van der Waals surface area (Å²) in [5, 5.41) is 17.3. The Kier molecular flexibility index (Phi) is 24.2. The molecule has 7 aromatic rings. The predicted molar refractivity (Wildman–Crippen MR) is 314 cm³/mol. The van der Waals surface area contributed by atoms with Gasteiger partial charge in [-0.15, -0.1) is 0 Å². The normalized spacial score (nSPS) is 11.5. The van der Waals surface area contributed by atoms with Crippen molar-refractivity contribution in [2.24, 2.45) is 30.4 Å². The molecule has 7 rings (SSSR count). The third kappa shape index (κ3) is 21.0. The smallest absolute Gasteiger partial charge is 0.343 e. The number of rotatable bonds is 32. The molecule has 0 spiro atoms. The Morgan fingerprint density at radius 1 is 0.346 bits per heavy atom. The molecule has 0 aliphatic carbocycles.